The van der Waals surface area contributed by atoms with E-state index in [1.54, 1.807) is 0 Å². The van der Waals surface area contributed by atoms with Gasteiger partial charge in [0.05, 0.1) is 0 Å². The highest BCUT2D eigenvalue weighted by atomic mass is 19.4. The average molecular weight is 318 g/mol. The third kappa shape index (κ3) is 4.58. The molecular weight excluding hydrogens is 310 g/mol. The number of hydrogen-bond acceptors (Lipinski definition) is 3. The van der Waals surface area contributed by atoms with E-state index in [0.717, 1.165) is 24.3 Å². The number of anilines is 1. The molecule has 0 aromatic heterocycles. The Morgan fingerprint density at radius 2 is 1.71 bits per heavy atom. The van der Waals surface area contributed by atoms with Gasteiger partial charge in [-0.3, -0.25) is 4.79 Å². The smallest absolute Gasteiger partial charge is 0.409 e. The van der Waals surface area contributed by atoms with Gasteiger partial charge in [-0.05, 0) is 6.07 Å². The highest BCUT2D eigenvalue weighted by Gasteiger charge is 2.61. The quantitative estimate of drug-likeness (QED) is 0.587. The van der Waals surface area contributed by atoms with Crippen LogP contribution in [0.25, 0.3) is 0 Å². The molecule has 0 bridgehead atoms. The lowest BCUT2D eigenvalue weighted by atomic mass is 10.1. The molecule has 1 aromatic rings. The molecule has 118 valence electrons. The minimum absolute atomic E-state index is 0.400. The molecule has 0 fully saturated rings. The van der Waals surface area contributed by atoms with Crippen molar-refractivity contribution in [2.75, 3.05) is 5.32 Å². The lowest BCUT2D eigenvalue weighted by Crippen LogP contribution is -2.99. The third-order valence-electron chi connectivity index (χ3n) is 2.29. The Kier molecular flexibility index (Phi) is 4.81. The third-order valence-corrected chi connectivity index (χ3v) is 2.29. The molecule has 0 saturated carbocycles. The highest BCUT2D eigenvalue weighted by molar-refractivity contribution is 5.93. The second-order valence-corrected chi connectivity index (χ2v) is 3.89. The van der Waals surface area contributed by atoms with Crippen molar-refractivity contribution in [1.82, 2.24) is 0 Å². The summed E-state index contributed by atoms with van der Waals surface area (Å²) in [4.78, 5) is 11.2. The SMILES string of the molecule is O=C(Nc1cccc([NH+]([O-])O)c1)C(C(F)(F)F)C(F)(F)F. The van der Waals surface area contributed by atoms with Gasteiger partial charge in [-0.15, -0.1) is 0 Å². The van der Waals surface area contributed by atoms with Gasteiger partial charge < -0.3 is 10.5 Å². The molecule has 1 rings (SSSR count). The summed E-state index contributed by atoms with van der Waals surface area (Å²) in [5, 5.41) is 19.2. The molecule has 1 aromatic carbocycles. The van der Waals surface area contributed by atoms with Crippen LogP contribution in [-0.4, -0.2) is 23.5 Å². The first kappa shape index (κ1) is 17.2. The van der Waals surface area contributed by atoms with Crippen molar-refractivity contribution >= 4 is 17.3 Å². The molecule has 1 atom stereocenters. The fourth-order valence-corrected chi connectivity index (χ4v) is 1.43. The van der Waals surface area contributed by atoms with Gasteiger partial charge in [-0.1, -0.05) is 6.07 Å². The van der Waals surface area contributed by atoms with E-state index in [1.807, 2.05) is 0 Å². The molecule has 0 aliphatic rings. The van der Waals surface area contributed by atoms with Crippen molar-refractivity contribution < 1.29 is 41.6 Å². The van der Waals surface area contributed by atoms with Crippen molar-refractivity contribution in [2.24, 2.45) is 5.92 Å². The average Bonchev–Trinajstić information content (AvgIpc) is 2.24. The monoisotopic (exact) mass is 318 g/mol. The summed E-state index contributed by atoms with van der Waals surface area (Å²) < 4.78 is 73.8. The number of halogens is 6. The van der Waals surface area contributed by atoms with Gasteiger partial charge in [0.2, 0.25) is 11.8 Å². The molecule has 21 heavy (non-hydrogen) atoms. The minimum Gasteiger partial charge on any atom is -0.595 e. The van der Waals surface area contributed by atoms with Gasteiger partial charge in [0.25, 0.3) is 0 Å². The van der Waals surface area contributed by atoms with Crippen LogP contribution in [0.5, 0.6) is 0 Å². The number of quaternary nitrogens is 1. The van der Waals surface area contributed by atoms with E-state index in [9.17, 15) is 36.3 Å². The predicted octanol–water partition coefficient (Wildman–Crippen LogP) is 1.77. The molecule has 3 N–H and O–H groups in total. The maximum Gasteiger partial charge on any atom is 0.409 e. The Labute approximate surface area is 113 Å². The number of rotatable bonds is 3. The number of nitrogens with one attached hydrogen (secondary N) is 2. The fraction of sp³-hybridized carbons (Fsp3) is 0.300. The topological polar surface area (TPSA) is 76.8 Å². The molecule has 0 aliphatic carbocycles. The van der Waals surface area contributed by atoms with Crippen molar-refractivity contribution in [3.63, 3.8) is 0 Å². The maximum absolute atomic E-state index is 12.3. The zero-order valence-corrected chi connectivity index (χ0v) is 9.92. The molecular formula is C10H8F6N2O3. The Hall–Kier alpha value is -1.85. The number of hydrogen-bond donors (Lipinski definition) is 3. The highest BCUT2D eigenvalue weighted by Crippen LogP contribution is 2.39. The van der Waals surface area contributed by atoms with E-state index in [-0.39, 0.29) is 0 Å². The number of carbonyl (C=O) groups excluding carboxylic acids is 1. The first-order valence-electron chi connectivity index (χ1n) is 5.20. The van der Waals surface area contributed by atoms with Crippen LogP contribution in [0, 0.1) is 11.1 Å². The van der Waals surface area contributed by atoms with Crippen LogP contribution < -0.4 is 10.5 Å². The van der Waals surface area contributed by atoms with E-state index >= 15 is 0 Å². The van der Waals surface area contributed by atoms with Crippen LogP contribution in [0.2, 0.25) is 0 Å². The van der Waals surface area contributed by atoms with Crippen molar-refractivity contribution in [1.29, 1.82) is 0 Å². The predicted molar refractivity (Wildman–Crippen MR) is 56.4 cm³/mol. The van der Waals surface area contributed by atoms with Crippen molar-refractivity contribution in [2.45, 2.75) is 12.4 Å². The summed E-state index contributed by atoms with van der Waals surface area (Å²) >= 11 is 0. The molecule has 0 spiro atoms. The minimum atomic E-state index is -5.81. The number of carbonyl (C=O) groups is 1. The molecule has 5 nitrogen and oxygen atoms in total. The zero-order valence-electron chi connectivity index (χ0n) is 9.92. The van der Waals surface area contributed by atoms with E-state index in [1.165, 1.54) is 5.32 Å². The number of benzene rings is 1. The van der Waals surface area contributed by atoms with Crippen LogP contribution >= 0.6 is 0 Å². The van der Waals surface area contributed by atoms with Crippen LogP contribution in [0.3, 0.4) is 0 Å². The van der Waals surface area contributed by atoms with Crippen LogP contribution in [0.15, 0.2) is 24.3 Å². The van der Waals surface area contributed by atoms with Gasteiger partial charge in [0, 0.05) is 17.8 Å². The first-order valence-corrected chi connectivity index (χ1v) is 5.20. The molecule has 0 heterocycles. The maximum atomic E-state index is 12.3. The van der Waals surface area contributed by atoms with Crippen molar-refractivity contribution in [3.8, 4) is 0 Å². The molecule has 1 unspecified atom stereocenters. The second-order valence-electron chi connectivity index (χ2n) is 3.89. The van der Waals surface area contributed by atoms with E-state index in [0.29, 0.717) is 0 Å². The van der Waals surface area contributed by atoms with E-state index in [4.69, 9.17) is 5.21 Å². The van der Waals surface area contributed by atoms with E-state index in [2.05, 4.69) is 0 Å². The van der Waals surface area contributed by atoms with Gasteiger partial charge in [-0.25, -0.2) is 5.21 Å². The summed E-state index contributed by atoms with van der Waals surface area (Å²) in [6.07, 6.45) is -11.6. The molecule has 1 amide bonds. The largest absolute Gasteiger partial charge is 0.595 e. The van der Waals surface area contributed by atoms with Crippen LogP contribution in [-0.2, 0) is 4.79 Å². The Morgan fingerprint density at radius 1 is 1.19 bits per heavy atom. The summed E-state index contributed by atoms with van der Waals surface area (Å²) in [7, 11) is 0. The number of alkyl halides is 6. The van der Waals surface area contributed by atoms with E-state index < -0.39 is 40.8 Å². The Bertz CT molecular complexity index is 500. The van der Waals surface area contributed by atoms with Gasteiger partial charge in [0.15, 0.2) is 5.69 Å². The molecule has 0 radical (unpaired) electrons. The van der Waals surface area contributed by atoms with Gasteiger partial charge >= 0.3 is 12.4 Å². The Morgan fingerprint density at radius 3 is 2.14 bits per heavy atom. The first-order chi connectivity index (χ1) is 9.43. The standard InChI is InChI=1S/C10H8F6N2O3/c11-9(12,13)7(10(14,15)16)8(19)17-5-2-1-3-6(4-5)18(20)21/h1-4,7,18,20H,(H,17,19). The fourth-order valence-electron chi connectivity index (χ4n) is 1.43. The molecule has 0 saturated heterocycles. The van der Waals surface area contributed by atoms with Crippen LogP contribution in [0.1, 0.15) is 0 Å². The zero-order chi connectivity index (χ0) is 16.4. The lowest BCUT2D eigenvalue weighted by Gasteiger charge is -2.22. The second kappa shape index (κ2) is 5.87. The Balaban J connectivity index is 3.00. The normalized spacial score (nSPS) is 14.1. The lowest BCUT2D eigenvalue weighted by molar-refractivity contribution is -0.991. The summed E-state index contributed by atoms with van der Waals surface area (Å²) in [5.74, 6) is -6.53. The summed E-state index contributed by atoms with van der Waals surface area (Å²) in [6, 6.07) is 3.83. The van der Waals surface area contributed by atoms with Crippen molar-refractivity contribution in [3.05, 3.63) is 29.5 Å². The summed E-state index contributed by atoms with van der Waals surface area (Å²) in [6.45, 7) is 0. The van der Waals surface area contributed by atoms with Crippen LogP contribution in [0.4, 0.5) is 37.7 Å². The molecule has 11 heteroatoms. The summed E-state index contributed by atoms with van der Waals surface area (Å²) in [5.41, 5.74) is -0.887. The van der Waals surface area contributed by atoms with Gasteiger partial charge in [0.1, 0.15) is 0 Å². The van der Waals surface area contributed by atoms with Gasteiger partial charge in [-0.2, -0.15) is 31.6 Å². The molecule has 0 aliphatic heterocycles. The number of amides is 1.